The van der Waals surface area contributed by atoms with Gasteiger partial charge in [-0.2, -0.15) is 0 Å². The van der Waals surface area contributed by atoms with Crippen LogP contribution in [0.4, 0.5) is 0 Å². The van der Waals surface area contributed by atoms with E-state index < -0.39 is 11.9 Å². The number of hydrogen-bond donors (Lipinski definition) is 1. The van der Waals surface area contributed by atoms with Gasteiger partial charge in [-0.25, -0.2) is 0 Å². The first-order valence-electron chi connectivity index (χ1n) is 4.62. The Morgan fingerprint density at radius 2 is 2.33 bits per heavy atom. The molecule has 1 aromatic carbocycles. The second-order valence-electron chi connectivity index (χ2n) is 3.23. The molecule has 1 unspecified atom stereocenters. The molecule has 0 amide bonds. The van der Waals surface area contributed by atoms with Crippen LogP contribution in [0.2, 0.25) is 5.02 Å². The van der Waals surface area contributed by atoms with Crippen LogP contribution in [0.3, 0.4) is 0 Å². The summed E-state index contributed by atoms with van der Waals surface area (Å²) in [5, 5.41) is 9.60. The van der Waals surface area contributed by atoms with E-state index in [9.17, 15) is 4.79 Å². The molecule has 82 valence electrons. The molecule has 1 atom stereocenters. The Bertz CT molecular complexity index is 338. The Hall–Kier alpha value is -1.06. The molecule has 0 saturated heterocycles. The van der Waals surface area contributed by atoms with E-state index in [1.54, 1.807) is 31.4 Å². The topological polar surface area (TPSA) is 46.5 Å². The minimum Gasteiger partial charge on any atom is -0.481 e. The minimum absolute atomic E-state index is 0.420. The first kappa shape index (κ1) is 12.0. The van der Waals surface area contributed by atoms with Crippen LogP contribution in [0, 0.1) is 0 Å². The molecule has 0 aromatic heterocycles. The predicted molar refractivity (Wildman–Crippen MR) is 58.3 cm³/mol. The smallest absolute Gasteiger partial charge is 0.311 e. The molecule has 3 nitrogen and oxygen atoms in total. The molecular formula is C11H13ClO3. The van der Waals surface area contributed by atoms with E-state index in [-0.39, 0.29) is 0 Å². The van der Waals surface area contributed by atoms with Crippen molar-refractivity contribution in [3.8, 4) is 0 Å². The fraction of sp³-hybridized carbons (Fsp3) is 0.364. The first-order chi connectivity index (χ1) is 7.15. The quantitative estimate of drug-likeness (QED) is 0.843. The largest absolute Gasteiger partial charge is 0.481 e. The Morgan fingerprint density at radius 1 is 1.60 bits per heavy atom. The first-order valence-corrected chi connectivity index (χ1v) is 5.00. The van der Waals surface area contributed by atoms with Crippen molar-refractivity contribution in [2.24, 2.45) is 0 Å². The molecule has 0 bridgehead atoms. The van der Waals surface area contributed by atoms with Gasteiger partial charge in [-0.15, -0.1) is 0 Å². The van der Waals surface area contributed by atoms with Gasteiger partial charge in [-0.3, -0.25) is 4.79 Å². The molecule has 0 spiro atoms. The van der Waals surface area contributed by atoms with Gasteiger partial charge in [0.1, 0.15) is 0 Å². The van der Waals surface area contributed by atoms with Crippen LogP contribution in [-0.4, -0.2) is 24.8 Å². The van der Waals surface area contributed by atoms with Gasteiger partial charge in [-0.1, -0.05) is 23.7 Å². The van der Waals surface area contributed by atoms with Gasteiger partial charge in [-0.05, 0) is 24.1 Å². The van der Waals surface area contributed by atoms with Crippen molar-refractivity contribution in [3.63, 3.8) is 0 Å². The van der Waals surface area contributed by atoms with Crippen LogP contribution in [0.5, 0.6) is 0 Å². The maximum Gasteiger partial charge on any atom is 0.311 e. The summed E-state index contributed by atoms with van der Waals surface area (Å²) in [5.41, 5.74) is 0.715. The van der Waals surface area contributed by atoms with Crippen molar-refractivity contribution in [2.45, 2.75) is 12.3 Å². The summed E-state index contributed by atoms with van der Waals surface area (Å²) in [6.07, 6.45) is 0.451. The van der Waals surface area contributed by atoms with E-state index >= 15 is 0 Å². The molecular weight excluding hydrogens is 216 g/mol. The van der Waals surface area contributed by atoms with Crippen molar-refractivity contribution < 1.29 is 14.6 Å². The van der Waals surface area contributed by atoms with Gasteiger partial charge in [0.05, 0.1) is 5.92 Å². The van der Waals surface area contributed by atoms with Crippen molar-refractivity contribution in [1.29, 1.82) is 0 Å². The summed E-state index contributed by atoms with van der Waals surface area (Å²) in [7, 11) is 1.55. The molecule has 0 aliphatic carbocycles. The number of ether oxygens (including phenoxy) is 1. The van der Waals surface area contributed by atoms with Gasteiger partial charge in [0.25, 0.3) is 0 Å². The van der Waals surface area contributed by atoms with Gasteiger partial charge in [0.2, 0.25) is 0 Å². The number of hydrogen-bond acceptors (Lipinski definition) is 2. The van der Waals surface area contributed by atoms with E-state index in [1.165, 1.54) is 0 Å². The second kappa shape index (κ2) is 5.73. The van der Waals surface area contributed by atoms with Crippen LogP contribution >= 0.6 is 11.6 Å². The maximum absolute atomic E-state index is 11.0. The van der Waals surface area contributed by atoms with E-state index in [0.717, 1.165) is 0 Å². The summed E-state index contributed by atoms with van der Waals surface area (Å²) in [4.78, 5) is 11.0. The third kappa shape index (κ3) is 3.53. The molecule has 0 radical (unpaired) electrons. The maximum atomic E-state index is 11.0. The second-order valence-corrected chi connectivity index (χ2v) is 3.66. The molecule has 15 heavy (non-hydrogen) atoms. The van der Waals surface area contributed by atoms with E-state index in [0.29, 0.717) is 23.6 Å². The van der Waals surface area contributed by atoms with Crippen LogP contribution in [0.25, 0.3) is 0 Å². The van der Waals surface area contributed by atoms with Crippen molar-refractivity contribution in [1.82, 2.24) is 0 Å². The summed E-state index contributed by atoms with van der Waals surface area (Å²) in [5.74, 6) is -1.40. The third-order valence-corrected chi connectivity index (χ3v) is 2.39. The summed E-state index contributed by atoms with van der Waals surface area (Å²) < 4.78 is 4.88. The van der Waals surface area contributed by atoms with Gasteiger partial charge in [0.15, 0.2) is 0 Å². The van der Waals surface area contributed by atoms with Crippen LogP contribution in [0.15, 0.2) is 24.3 Å². The molecule has 1 rings (SSSR count). The summed E-state index contributed by atoms with van der Waals surface area (Å²) in [6, 6.07) is 6.91. The number of aliphatic carboxylic acids is 1. The van der Waals surface area contributed by atoms with Crippen LogP contribution in [-0.2, 0) is 9.53 Å². The molecule has 0 fully saturated rings. The van der Waals surface area contributed by atoms with E-state index in [4.69, 9.17) is 21.4 Å². The highest BCUT2D eigenvalue weighted by Gasteiger charge is 2.19. The lowest BCUT2D eigenvalue weighted by Gasteiger charge is -2.12. The third-order valence-electron chi connectivity index (χ3n) is 2.16. The van der Waals surface area contributed by atoms with Gasteiger partial charge >= 0.3 is 5.97 Å². The lowest BCUT2D eigenvalue weighted by atomic mass is 9.96. The van der Waals surface area contributed by atoms with Crippen molar-refractivity contribution in [3.05, 3.63) is 34.9 Å². The lowest BCUT2D eigenvalue weighted by molar-refractivity contribution is -0.139. The highest BCUT2D eigenvalue weighted by atomic mass is 35.5. The molecule has 0 aliphatic heterocycles. The Kier molecular flexibility index (Phi) is 4.59. The zero-order chi connectivity index (χ0) is 11.3. The SMILES string of the molecule is COCCC(C(=O)O)c1cccc(Cl)c1. The zero-order valence-corrected chi connectivity index (χ0v) is 9.20. The molecule has 0 aliphatic rings. The van der Waals surface area contributed by atoms with Crippen LogP contribution in [0.1, 0.15) is 17.9 Å². The van der Waals surface area contributed by atoms with Crippen LogP contribution < -0.4 is 0 Å². The number of carboxylic acids is 1. The molecule has 1 N–H and O–H groups in total. The number of benzene rings is 1. The van der Waals surface area contributed by atoms with E-state index in [1.807, 2.05) is 0 Å². The van der Waals surface area contributed by atoms with Gasteiger partial charge in [0, 0.05) is 18.7 Å². The standard InChI is InChI=1S/C11H13ClO3/c1-15-6-5-10(11(13)14)8-3-2-4-9(12)7-8/h2-4,7,10H,5-6H2,1H3,(H,13,14). The molecule has 4 heteroatoms. The zero-order valence-electron chi connectivity index (χ0n) is 8.44. The summed E-state index contributed by atoms with van der Waals surface area (Å²) >= 11 is 5.80. The van der Waals surface area contributed by atoms with Crippen molar-refractivity contribution >= 4 is 17.6 Å². The van der Waals surface area contributed by atoms with E-state index in [2.05, 4.69) is 0 Å². The number of methoxy groups -OCH3 is 1. The highest BCUT2D eigenvalue weighted by Crippen LogP contribution is 2.22. The highest BCUT2D eigenvalue weighted by molar-refractivity contribution is 6.30. The molecule has 0 heterocycles. The average Bonchev–Trinajstić information content (AvgIpc) is 2.18. The fourth-order valence-corrected chi connectivity index (χ4v) is 1.59. The number of carboxylic acid groups (broad SMARTS) is 1. The van der Waals surface area contributed by atoms with Gasteiger partial charge < -0.3 is 9.84 Å². The minimum atomic E-state index is -0.852. The predicted octanol–water partition coefficient (Wildman–Crippen LogP) is 2.54. The Balaban J connectivity index is 2.84. The fourth-order valence-electron chi connectivity index (χ4n) is 1.39. The Morgan fingerprint density at radius 3 is 2.87 bits per heavy atom. The number of halogens is 1. The van der Waals surface area contributed by atoms with Crippen molar-refractivity contribution in [2.75, 3.05) is 13.7 Å². The Labute approximate surface area is 93.6 Å². The average molecular weight is 229 g/mol. The number of carbonyl (C=O) groups is 1. The summed E-state index contributed by atoms with van der Waals surface area (Å²) in [6.45, 7) is 0.420. The monoisotopic (exact) mass is 228 g/mol. The molecule has 0 saturated carbocycles. The lowest BCUT2D eigenvalue weighted by Crippen LogP contribution is -2.13. The number of rotatable bonds is 5. The normalized spacial score (nSPS) is 12.4. The molecule has 1 aromatic rings.